The summed E-state index contributed by atoms with van der Waals surface area (Å²) in [7, 11) is 1.92. The van der Waals surface area contributed by atoms with Crippen molar-refractivity contribution in [2.45, 2.75) is 24.3 Å². The summed E-state index contributed by atoms with van der Waals surface area (Å²) in [5.74, 6) is 0.833. The summed E-state index contributed by atoms with van der Waals surface area (Å²) in [5, 5.41) is 9.61. The van der Waals surface area contributed by atoms with Crippen LogP contribution in [0.5, 0.6) is 0 Å². The number of aromatic nitrogens is 3. The van der Waals surface area contributed by atoms with Gasteiger partial charge in [0.15, 0.2) is 16.8 Å². The number of carbonyl (C=O) groups excluding carboxylic acids is 1. The molecule has 1 aromatic heterocycles. The molecule has 0 spiro atoms. The van der Waals surface area contributed by atoms with E-state index in [1.807, 2.05) is 43.7 Å². The summed E-state index contributed by atoms with van der Waals surface area (Å²) >= 11 is 7.28. The predicted molar refractivity (Wildman–Crippen MR) is 102 cm³/mol. The third kappa shape index (κ3) is 3.94. The van der Waals surface area contributed by atoms with Crippen LogP contribution in [-0.2, 0) is 7.05 Å². The van der Waals surface area contributed by atoms with Crippen LogP contribution in [0.15, 0.2) is 53.7 Å². The molecule has 0 N–H and O–H groups in total. The molecule has 0 amide bonds. The highest BCUT2D eigenvalue weighted by Crippen LogP contribution is 2.27. The first-order valence-electron chi connectivity index (χ1n) is 7.88. The number of ketones is 1. The van der Waals surface area contributed by atoms with E-state index in [0.29, 0.717) is 15.7 Å². The summed E-state index contributed by atoms with van der Waals surface area (Å²) < 4.78 is 1.92. The lowest BCUT2D eigenvalue weighted by atomic mass is 10.1. The molecule has 25 heavy (non-hydrogen) atoms. The van der Waals surface area contributed by atoms with Gasteiger partial charge in [-0.2, -0.15) is 0 Å². The van der Waals surface area contributed by atoms with E-state index in [1.165, 1.54) is 17.3 Å². The molecule has 0 radical (unpaired) electrons. The number of rotatable bonds is 5. The Morgan fingerprint density at radius 1 is 1.16 bits per heavy atom. The number of hydrogen-bond acceptors (Lipinski definition) is 4. The Kier molecular flexibility index (Phi) is 5.25. The number of Topliss-reactive ketones (excluding diaryl/α,β-unsaturated/α-hetero) is 1. The summed E-state index contributed by atoms with van der Waals surface area (Å²) in [6.07, 6.45) is 0. The van der Waals surface area contributed by atoms with Crippen molar-refractivity contribution in [1.82, 2.24) is 14.8 Å². The lowest BCUT2D eigenvalue weighted by Gasteiger charge is -2.10. The van der Waals surface area contributed by atoms with Gasteiger partial charge >= 0.3 is 0 Å². The first-order chi connectivity index (χ1) is 12.0. The fraction of sp³-hybridized carbons (Fsp3) is 0.211. The van der Waals surface area contributed by atoms with Gasteiger partial charge in [-0.25, -0.2) is 0 Å². The third-order valence-electron chi connectivity index (χ3n) is 3.89. The van der Waals surface area contributed by atoms with E-state index in [9.17, 15) is 4.79 Å². The van der Waals surface area contributed by atoms with Crippen LogP contribution in [0.2, 0.25) is 5.02 Å². The summed E-state index contributed by atoms with van der Waals surface area (Å²) in [5.41, 5.74) is 2.82. The van der Waals surface area contributed by atoms with Gasteiger partial charge in [0.1, 0.15) is 0 Å². The van der Waals surface area contributed by atoms with Crippen molar-refractivity contribution in [3.63, 3.8) is 0 Å². The molecule has 0 saturated carbocycles. The maximum Gasteiger partial charge on any atom is 0.191 e. The van der Waals surface area contributed by atoms with Gasteiger partial charge in [0, 0.05) is 23.2 Å². The smallest absolute Gasteiger partial charge is 0.191 e. The molecule has 3 rings (SSSR count). The fourth-order valence-corrected chi connectivity index (χ4v) is 3.53. The Morgan fingerprint density at radius 3 is 2.56 bits per heavy atom. The lowest BCUT2D eigenvalue weighted by molar-refractivity contribution is 0.0994. The Morgan fingerprint density at radius 2 is 1.88 bits per heavy atom. The number of hydrogen-bond donors (Lipinski definition) is 0. The maximum absolute atomic E-state index is 12.6. The van der Waals surface area contributed by atoms with Crippen LogP contribution in [-0.4, -0.2) is 25.8 Å². The molecule has 128 valence electrons. The SMILES string of the molecule is Cc1cccc(-c2nnc(SC(C)C(=O)c3ccc(Cl)cc3)n2C)c1. The van der Waals surface area contributed by atoms with Gasteiger partial charge in [-0.05, 0) is 44.2 Å². The summed E-state index contributed by atoms with van der Waals surface area (Å²) in [6, 6.07) is 15.1. The second-order valence-corrected chi connectivity index (χ2v) is 7.61. The quantitative estimate of drug-likeness (QED) is 0.477. The molecule has 0 aliphatic carbocycles. The molecule has 4 nitrogen and oxygen atoms in total. The Bertz CT molecular complexity index is 905. The minimum absolute atomic E-state index is 0.0433. The van der Waals surface area contributed by atoms with Gasteiger partial charge in [0.05, 0.1) is 5.25 Å². The van der Waals surface area contributed by atoms with E-state index in [0.717, 1.165) is 11.4 Å². The minimum Gasteiger partial charge on any atom is -0.305 e. The molecule has 1 unspecified atom stereocenters. The Balaban J connectivity index is 1.79. The van der Waals surface area contributed by atoms with Crippen LogP contribution in [0.3, 0.4) is 0 Å². The third-order valence-corrected chi connectivity index (χ3v) is 5.28. The van der Waals surface area contributed by atoms with E-state index in [4.69, 9.17) is 11.6 Å². The number of nitrogens with zero attached hydrogens (tertiary/aromatic N) is 3. The molecule has 0 bridgehead atoms. The van der Waals surface area contributed by atoms with Crippen molar-refractivity contribution >= 4 is 29.1 Å². The molecule has 3 aromatic rings. The molecular weight excluding hydrogens is 354 g/mol. The van der Waals surface area contributed by atoms with Crippen molar-refractivity contribution in [3.8, 4) is 11.4 Å². The second-order valence-electron chi connectivity index (χ2n) is 5.87. The molecule has 0 fully saturated rings. The van der Waals surface area contributed by atoms with E-state index >= 15 is 0 Å². The first-order valence-corrected chi connectivity index (χ1v) is 9.14. The van der Waals surface area contributed by atoms with Crippen LogP contribution >= 0.6 is 23.4 Å². The molecule has 1 atom stereocenters. The van der Waals surface area contributed by atoms with Gasteiger partial charge in [0.25, 0.3) is 0 Å². The summed E-state index contributed by atoms with van der Waals surface area (Å²) in [4.78, 5) is 12.6. The van der Waals surface area contributed by atoms with Crippen molar-refractivity contribution in [2.75, 3.05) is 0 Å². The zero-order valence-corrected chi connectivity index (χ0v) is 15.8. The van der Waals surface area contributed by atoms with E-state index in [1.54, 1.807) is 24.3 Å². The van der Waals surface area contributed by atoms with Gasteiger partial charge < -0.3 is 4.57 Å². The normalized spacial score (nSPS) is 12.2. The monoisotopic (exact) mass is 371 g/mol. The van der Waals surface area contributed by atoms with Crippen molar-refractivity contribution < 1.29 is 4.79 Å². The molecule has 2 aromatic carbocycles. The van der Waals surface area contributed by atoms with Crippen LogP contribution in [0.4, 0.5) is 0 Å². The standard InChI is InChI=1S/C19H18ClN3OS/c1-12-5-4-6-15(11-12)18-21-22-19(23(18)3)25-13(2)17(24)14-7-9-16(20)10-8-14/h4-11,13H,1-3H3. The van der Waals surface area contributed by atoms with Crippen molar-refractivity contribution in [2.24, 2.45) is 7.05 Å². The highest BCUT2D eigenvalue weighted by molar-refractivity contribution is 8.00. The van der Waals surface area contributed by atoms with E-state index in [2.05, 4.69) is 16.3 Å². The summed E-state index contributed by atoms with van der Waals surface area (Å²) in [6.45, 7) is 3.92. The molecule has 0 saturated heterocycles. The Hall–Kier alpha value is -2.11. The first kappa shape index (κ1) is 17.7. The second kappa shape index (κ2) is 7.42. The average molecular weight is 372 g/mol. The van der Waals surface area contributed by atoms with Crippen LogP contribution in [0.25, 0.3) is 11.4 Å². The highest BCUT2D eigenvalue weighted by atomic mass is 35.5. The van der Waals surface area contributed by atoms with Gasteiger partial charge in [-0.1, -0.05) is 47.1 Å². The molecular formula is C19H18ClN3OS. The average Bonchev–Trinajstić information content (AvgIpc) is 2.95. The maximum atomic E-state index is 12.6. The van der Waals surface area contributed by atoms with Crippen molar-refractivity contribution in [1.29, 1.82) is 0 Å². The van der Waals surface area contributed by atoms with Crippen LogP contribution < -0.4 is 0 Å². The predicted octanol–water partition coefficient (Wildman–Crippen LogP) is 4.81. The minimum atomic E-state index is -0.269. The lowest BCUT2D eigenvalue weighted by Crippen LogP contribution is -2.14. The number of carbonyl (C=O) groups is 1. The molecule has 0 aliphatic heterocycles. The van der Waals surface area contributed by atoms with Gasteiger partial charge in [-0.15, -0.1) is 10.2 Å². The Labute approximate surface area is 156 Å². The number of thioether (sulfide) groups is 1. The fourth-order valence-electron chi connectivity index (χ4n) is 2.51. The molecule has 0 aliphatic rings. The van der Waals surface area contributed by atoms with E-state index < -0.39 is 0 Å². The number of benzene rings is 2. The molecule has 6 heteroatoms. The molecule has 1 heterocycles. The largest absolute Gasteiger partial charge is 0.305 e. The van der Waals surface area contributed by atoms with Gasteiger partial charge in [-0.3, -0.25) is 4.79 Å². The van der Waals surface area contributed by atoms with Crippen LogP contribution in [0.1, 0.15) is 22.8 Å². The number of halogens is 1. The van der Waals surface area contributed by atoms with Gasteiger partial charge in [0.2, 0.25) is 0 Å². The zero-order chi connectivity index (χ0) is 18.0. The topological polar surface area (TPSA) is 47.8 Å². The van der Waals surface area contributed by atoms with Crippen molar-refractivity contribution in [3.05, 3.63) is 64.7 Å². The zero-order valence-electron chi connectivity index (χ0n) is 14.2. The number of aryl methyl sites for hydroxylation is 1. The highest BCUT2D eigenvalue weighted by Gasteiger charge is 2.20. The van der Waals surface area contributed by atoms with E-state index in [-0.39, 0.29) is 11.0 Å². The van der Waals surface area contributed by atoms with Crippen LogP contribution in [0, 0.1) is 6.92 Å².